The predicted octanol–water partition coefficient (Wildman–Crippen LogP) is 3.52. The van der Waals surface area contributed by atoms with Gasteiger partial charge in [0.05, 0.1) is 0 Å². The molecule has 0 aliphatic heterocycles. The Labute approximate surface area is 92.9 Å². The molecule has 0 heterocycles. The second-order valence-corrected chi connectivity index (χ2v) is 4.00. The fraction of sp³-hybridized carbons (Fsp3) is 0.429. The maximum Gasteiger partial charge on any atom is 0.0352 e. The van der Waals surface area contributed by atoms with Crippen molar-refractivity contribution < 1.29 is 0 Å². The highest BCUT2D eigenvalue weighted by Gasteiger charge is 2.00. The minimum Gasteiger partial charge on any atom is -0.385 e. The number of anilines is 1. The summed E-state index contributed by atoms with van der Waals surface area (Å²) < 4.78 is 0. The molecule has 0 unspecified atom stereocenters. The summed E-state index contributed by atoms with van der Waals surface area (Å²) in [7, 11) is 0. The third-order valence-electron chi connectivity index (χ3n) is 2.47. The molecule has 80 valence electrons. The minimum atomic E-state index is 0.712. The van der Waals surface area contributed by atoms with E-state index in [1.807, 2.05) is 18.2 Å². The van der Waals surface area contributed by atoms with Crippen LogP contribution in [0.25, 0.3) is 0 Å². The summed E-state index contributed by atoms with van der Waals surface area (Å²) in [5.41, 5.74) is 2.05. The summed E-state index contributed by atoms with van der Waals surface area (Å²) in [5.74, 6) is 3.35. The maximum atomic E-state index is 5.34. The van der Waals surface area contributed by atoms with Crippen LogP contribution in [0, 0.1) is 18.3 Å². The molecular formula is C14H19N. The van der Waals surface area contributed by atoms with E-state index in [2.05, 4.69) is 31.2 Å². The van der Waals surface area contributed by atoms with Crippen molar-refractivity contribution in [1.82, 2.24) is 0 Å². The molecule has 1 heteroatoms. The van der Waals surface area contributed by atoms with Gasteiger partial charge in [0.1, 0.15) is 0 Å². The molecule has 1 aromatic rings. The first-order chi connectivity index (χ1) is 7.26. The van der Waals surface area contributed by atoms with Crippen molar-refractivity contribution in [1.29, 1.82) is 0 Å². The van der Waals surface area contributed by atoms with Crippen LogP contribution >= 0.6 is 0 Å². The van der Waals surface area contributed by atoms with Gasteiger partial charge < -0.3 is 5.32 Å². The Balaban J connectivity index is 2.47. The number of hydrogen-bond donors (Lipinski definition) is 1. The Morgan fingerprint density at radius 1 is 1.47 bits per heavy atom. The second-order valence-electron chi connectivity index (χ2n) is 4.00. The van der Waals surface area contributed by atoms with Crippen molar-refractivity contribution in [3.63, 3.8) is 0 Å². The fourth-order valence-corrected chi connectivity index (χ4v) is 1.61. The van der Waals surface area contributed by atoms with Crippen LogP contribution in [0.4, 0.5) is 5.69 Å². The molecule has 0 amide bonds. The molecule has 0 saturated carbocycles. The molecule has 1 aromatic carbocycles. The lowest BCUT2D eigenvalue weighted by atomic mass is 10.1. The Morgan fingerprint density at radius 3 is 2.93 bits per heavy atom. The zero-order valence-electron chi connectivity index (χ0n) is 9.59. The number of rotatable bonds is 5. The van der Waals surface area contributed by atoms with Crippen molar-refractivity contribution >= 4 is 5.69 Å². The molecular weight excluding hydrogens is 182 g/mol. The molecule has 0 aliphatic rings. The SMILES string of the molecule is C#Cc1cccc(NC[C@@H](C)CCC)c1. The maximum absolute atomic E-state index is 5.34. The monoisotopic (exact) mass is 201 g/mol. The lowest BCUT2D eigenvalue weighted by Gasteiger charge is -2.12. The van der Waals surface area contributed by atoms with E-state index in [1.165, 1.54) is 12.8 Å². The van der Waals surface area contributed by atoms with E-state index in [9.17, 15) is 0 Å². The molecule has 1 nitrogen and oxygen atoms in total. The largest absolute Gasteiger partial charge is 0.385 e. The second kappa shape index (κ2) is 6.14. The van der Waals surface area contributed by atoms with Gasteiger partial charge in [-0.25, -0.2) is 0 Å². The van der Waals surface area contributed by atoms with Crippen molar-refractivity contribution in [2.75, 3.05) is 11.9 Å². The molecule has 1 rings (SSSR count). The van der Waals surface area contributed by atoms with Crippen LogP contribution in [-0.2, 0) is 0 Å². The van der Waals surface area contributed by atoms with Crippen LogP contribution < -0.4 is 5.32 Å². The zero-order chi connectivity index (χ0) is 11.1. The van der Waals surface area contributed by atoms with Gasteiger partial charge in [0.25, 0.3) is 0 Å². The highest BCUT2D eigenvalue weighted by atomic mass is 14.9. The zero-order valence-corrected chi connectivity index (χ0v) is 9.59. The smallest absolute Gasteiger partial charge is 0.0352 e. The van der Waals surface area contributed by atoms with Crippen LogP contribution in [0.15, 0.2) is 24.3 Å². The van der Waals surface area contributed by atoms with Crippen LogP contribution in [0.5, 0.6) is 0 Å². The predicted molar refractivity (Wildman–Crippen MR) is 66.9 cm³/mol. The molecule has 0 aromatic heterocycles. The summed E-state index contributed by atoms with van der Waals surface area (Å²) in [6, 6.07) is 8.00. The molecule has 0 spiro atoms. The average molecular weight is 201 g/mol. The summed E-state index contributed by atoms with van der Waals surface area (Å²) >= 11 is 0. The quantitative estimate of drug-likeness (QED) is 0.719. The van der Waals surface area contributed by atoms with Gasteiger partial charge in [-0.1, -0.05) is 32.3 Å². The third kappa shape index (κ3) is 4.08. The lowest BCUT2D eigenvalue weighted by Crippen LogP contribution is -2.10. The number of benzene rings is 1. The minimum absolute atomic E-state index is 0.712. The van der Waals surface area contributed by atoms with Crippen molar-refractivity contribution in [2.24, 2.45) is 5.92 Å². The van der Waals surface area contributed by atoms with E-state index in [-0.39, 0.29) is 0 Å². The Bertz CT molecular complexity index is 335. The normalized spacial score (nSPS) is 11.8. The van der Waals surface area contributed by atoms with Crippen LogP contribution in [0.1, 0.15) is 32.3 Å². The number of nitrogens with one attached hydrogen (secondary N) is 1. The molecule has 0 saturated heterocycles. The first kappa shape index (κ1) is 11.7. The van der Waals surface area contributed by atoms with Gasteiger partial charge in [0.15, 0.2) is 0 Å². The third-order valence-corrected chi connectivity index (χ3v) is 2.47. The van der Waals surface area contributed by atoms with E-state index >= 15 is 0 Å². The molecule has 1 atom stereocenters. The van der Waals surface area contributed by atoms with E-state index in [1.54, 1.807) is 0 Å². The first-order valence-corrected chi connectivity index (χ1v) is 5.56. The summed E-state index contributed by atoms with van der Waals surface area (Å²) in [5, 5.41) is 3.41. The summed E-state index contributed by atoms with van der Waals surface area (Å²) in [4.78, 5) is 0. The molecule has 0 radical (unpaired) electrons. The molecule has 0 bridgehead atoms. The number of hydrogen-bond acceptors (Lipinski definition) is 1. The average Bonchev–Trinajstić information content (AvgIpc) is 2.27. The van der Waals surface area contributed by atoms with E-state index < -0.39 is 0 Å². The van der Waals surface area contributed by atoms with Crippen LogP contribution in [-0.4, -0.2) is 6.54 Å². The summed E-state index contributed by atoms with van der Waals surface area (Å²) in [6.07, 6.45) is 7.85. The Hall–Kier alpha value is -1.42. The highest BCUT2D eigenvalue weighted by Crippen LogP contribution is 2.12. The van der Waals surface area contributed by atoms with Gasteiger partial charge in [-0.2, -0.15) is 0 Å². The molecule has 0 fully saturated rings. The lowest BCUT2D eigenvalue weighted by molar-refractivity contribution is 0.551. The summed E-state index contributed by atoms with van der Waals surface area (Å²) in [6.45, 7) is 5.50. The van der Waals surface area contributed by atoms with E-state index in [4.69, 9.17) is 6.42 Å². The van der Waals surface area contributed by atoms with Gasteiger partial charge in [-0.05, 0) is 30.5 Å². The Morgan fingerprint density at radius 2 is 2.27 bits per heavy atom. The van der Waals surface area contributed by atoms with Crippen molar-refractivity contribution in [3.05, 3.63) is 29.8 Å². The Kier molecular flexibility index (Phi) is 4.77. The topological polar surface area (TPSA) is 12.0 Å². The van der Waals surface area contributed by atoms with Gasteiger partial charge >= 0.3 is 0 Å². The van der Waals surface area contributed by atoms with Gasteiger partial charge in [-0.15, -0.1) is 6.42 Å². The van der Waals surface area contributed by atoms with Gasteiger partial charge in [-0.3, -0.25) is 0 Å². The van der Waals surface area contributed by atoms with E-state index in [0.29, 0.717) is 5.92 Å². The molecule has 15 heavy (non-hydrogen) atoms. The van der Waals surface area contributed by atoms with E-state index in [0.717, 1.165) is 17.8 Å². The number of terminal acetylenes is 1. The standard InChI is InChI=1S/C14H19N/c1-4-7-12(3)11-15-14-9-6-8-13(5-2)10-14/h2,6,8-10,12,15H,4,7,11H2,1,3H3/t12-/m0/s1. The molecule has 1 N–H and O–H groups in total. The van der Waals surface area contributed by atoms with Crippen LogP contribution in [0.3, 0.4) is 0 Å². The van der Waals surface area contributed by atoms with Crippen LogP contribution in [0.2, 0.25) is 0 Å². The highest BCUT2D eigenvalue weighted by molar-refractivity contribution is 5.49. The fourth-order valence-electron chi connectivity index (χ4n) is 1.61. The first-order valence-electron chi connectivity index (χ1n) is 5.56. The van der Waals surface area contributed by atoms with Crippen molar-refractivity contribution in [2.45, 2.75) is 26.7 Å². The van der Waals surface area contributed by atoms with Gasteiger partial charge in [0, 0.05) is 17.8 Å². The van der Waals surface area contributed by atoms with Crippen molar-refractivity contribution in [3.8, 4) is 12.3 Å². The van der Waals surface area contributed by atoms with Gasteiger partial charge in [0.2, 0.25) is 0 Å². The molecule has 0 aliphatic carbocycles.